The lowest BCUT2D eigenvalue weighted by molar-refractivity contribution is -0.133. The second kappa shape index (κ2) is 4.48. The van der Waals surface area contributed by atoms with Gasteiger partial charge in [0.05, 0.1) is 11.5 Å². The molecule has 4 heteroatoms. The maximum atomic E-state index is 12.6. The average Bonchev–Trinajstić information content (AvgIpc) is 2.75. The van der Waals surface area contributed by atoms with E-state index in [1.165, 1.54) is 19.3 Å². The summed E-state index contributed by atoms with van der Waals surface area (Å²) in [6.07, 6.45) is 5.09. The molecule has 2 bridgehead atoms. The van der Waals surface area contributed by atoms with Crippen LogP contribution in [0.2, 0.25) is 0 Å². The number of nitrogens with two attached hydrogens (primary N) is 1. The van der Waals surface area contributed by atoms with E-state index < -0.39 is 0 Å². The molecule has 0 spiro atoms. The quantitative estimate of drug-likeness (QED) is 0.772. The first-order chi connectivity index (χ1) is 8.63. The van der Waals surface area contributed by atoms with Crippen LogP contribution in [0.4, 0.5) is 0 Å². The fourth-order valence-corrected chi connectivity index (χ4v) is 4.75. The lowest BCUT2D eigenvalue weighted by atomic mass is 10.0. The molecular formula is C14H22N2OS. The molecule has 0 radical (unpaired) electrons. The highest BCUT2D eigenvalue weighted by atomic mass is 32.1. The van der Waals surface area contributed by atoms with Crippen molar-refractivity contribution in [3.63, 3.8) is 0 Å². The van der Waals surface area contributed by atoms with Crippen molar-refractivity contribution in [2.75, 3.05) is 13.1 Å². The molecule has 0 aromatic heterocycles. The number of carbonyl (C=O) groups is 1. The van der Waals surface area contributed by atoms with E-state index in [4.69, 9.17) is 18.0 Å². The highest BCUT2D eigenvalue weighted by Crippen LogP contribution is 2.69. The van der Waals surface area contributed by atoms with E-state index in [0.717, 1.165) is 24.8 Å². The van der Waals surface area contributed by atoms with E-state index in [-0.39, 0.29) is 0 Å². The maximum Gasteiger partial charge on any atom is 0.226 e. The summed E-state index contributed by atoms with van der Waals surface area (Å²) in [5, 5.41) is 0. The van der Waals surface area contributed by atoms with Crippen molar-refractivity contribution in [1.29, 1.82) is 0 Å². The number of rotatable bonds is 5. The molecule has 0 aromatic rings. The number of thiocarbonyl (C=S) groups is 1. The van der Waals surface area contributed by atoms with Gasteiger partial charge in [-0.25, -0.2) is 0 Å². The highest BCUT2D eigenvalue weighted by Gasteiger charge is 2.67. The molecule has 4 unspecified atom stereocenters. The standard InChI is InChI=1S/C14H22N2OS/c1-2-5-16(7-10(15)18)14(17)13-11-8-3-4-9(6-8)12(11)13/h8-9,11-13H,2-7H2,1H3,(H2,15,18). The zero-order chi connectivity index (χ0) is 12.9. The predicted octanol–water partition coefficient (Wildman–Crippen LogP) is 1.80. The smallest absolute Gasteiger partial charge is 0.226 e. The topological polar surface area (TPSA) is 46.3 Å². The zero-order valence-corrected chi connectivity index (χ0v) is 11.8. The zero-order valence-electron chi connectivity index (χ0n) is 11.0. The third-order valence-corrected chi connectivity index (χ3v) is 5.30. The average molecular weight is 266 g/mol. The molecule has 0 heterocycles. The van der Waals surface area contributed by atoms with Crippen molar-refractivity contribution >= 4 is 23.1 Å². The summed E-state index contributed by atoms with van der Waals surface area (Å²) in [4.78, 5) is 14.9. The van der Waals surface area contributed by atoms with Crippen molar-refractivity contribution < 1.29 is 4.79 Å². The molecule has 4 atom stereocenters. The van der Waals surface area contributed by atoms with Gasteiger partial charge in [-0.05, 0) is 49.4 Å². The largest absolute Gasteiger partial charge is 0.392 e. The van der Waals surface area contributed by atoms with Crippen LogP contribution in [0, 0.1) is 29.6 Å². The molecular weight excluding hydrogens is 244 g/mol. The van der Waals surface area contributed by atoms with E-state index in [0.29, 0.717) is 35.2 Å². The number of amides is 1. The first kappa shape index (κ1) is 12.4. The van der Waals surface area contributed by atoms with Crippen LogP contribution in [0.1, 0.15) is 32.6 Å². The Kier molecular flexibility index (Phi) is 3.08. The number of hydrogen-bond acceptors (Lipinski definition) is 2. The summed E-state index contributed by atoms with van der Waals surface area (Å²) >= 11 is 4.96. The Labute approximate surface area is 114 Å². The Morgan fingerprint density at radius 3 is 2.44 bits per heavy atom. The summed E-state index contributed by atoms with van der Waals surface area (Å²) in [5.41, 5.74) is 5.60. The Balaban J connectivity index is 1.65. The summed E-state index contributed by atoms with van der Waals surface area (Å²) < 4.78 is 0. The molecule has 3 fully saturated rings. The number of carbonyl (C=O) groups excluding carboxylic acids is 1. The minimum atomic E-state index is 0.317. The van der Waals surface area contributed by atoms with E-state index in [1.54, 1.807) is 0 Å². The molecule has 3 aliphatic rings. The maximum absolute atomic E-state index is 12.6. The van der Waals surface area contributed by atoms with Gasteiger partial charge in [-0.1, -0.05) is 19.1 Å². The first-order valence-corrected chi connectivity index (χ1v) is 7.61. The molecule has 0 saturated heterocycles. The molecule has 3 rings (SSSR count). The molecule has 0 aromatic carbocycles. The summed E-state index contributed by atoms with van der Waals surface area (Å²) in [6, 6.07) is 0. The lowest BCUT2D eigenvalue weighted by Gasteiger charge is -2.23. The number of nitrogens with zero attached hydrogens (tertiary/aromatic N) is 1. The number of fused-ring (bicyclic) bond motifs is 5. The highest BCUT2D eigenvalue weighted by molar-refractivity contribution is 7.80. The van der Waals surface area contributed by atoms with Gasteiger partial charge in [0, 0.05) is 12.5 Å². The summed E-state index contributed by atoms with van der Waals surface area (Å²) in [7, 11) is 0. The third-order valence-electron chi connectivity index (χ3n) is 5.17. The van der Waals surface area contributed by atoms with E-state index in [9.17, 15) is 4.79 Å². The second-order valence-electron chi connectivity index (χ2n) is 6.24. The first-order valence-electron chi connectivity index (χ1n) is 7.20. The van der Waals surface area contributed by atoms with E-state index in [2.05, 4.69) is 6.92 Å². The van der Waals surface area contributed by atoms with Crippen LogP contribution >= 0.6 is 12.2 Å². The fraction of sp³-hybridized carbons (Fsp3) is 0.857. The van der Waals surface area contributed by atoms with Crippen molar-refractivity contribution in [3.05, 3.63) is 0 Å². The van der Waals surface area contributed by atoms with Crippen LogP contribution in [0.5, 0.6) is 0 Å². The second-order valence-corrected chi connectivity index (χ2v) is 6.76. The predicted molar refractivity (Wildman–Crippen MR) is 75.0 cm³/mol. The van der Waals surface area contributed by atoms with Crippen LogP contribution in [0.15, 0.2) is 0 Å². The molecule has 3 nitrogen and oxygen atoms in total. The van der Waals surface area contributed by atoms with Crippen LogP contribution in [-0.2, 0) is 4.79 Å². The third kappa shape index (κ3) is 1.85. The van der Waals surface area contributed by atoms with Gasteiger partial charge in [0.25, 0.3) is 0 Å². The van der Waals surface area contributed by atoms with Crippen molar-refractivity contribution in [2.24, 2.45) is 35.3 Å². The van der Waals surface area contributed by atoms with Gasteiger partial charge >= 0.3 is 0 Å². The lowest BCUT2D eigenvalue weighted by Crippen LogP contribution is -2.40. The monoisotopic (exact) mass is 266 g/mol. The van der Waals surface area contributed by atoms with Crippen LogP contribution in [0.3, 0.4) is 0 Å². The number of hydrogen-bond donors (Lipinski definition) is 1. The van der Waals surface area contributed by atoms with Crippen molar-refractivity contribution in [1.82, 2.24) is 4.90 Å². The SMILES string of the molecule is CCCN(CC(N)=S)C(=O)C1C2C3CCC(C3)C12. The van der Waals surface area contributed by atoms with Gasteiger partial charge in [0.15, 0.2) is 0 Å². The van der Waals surface area contributed by atoms with Gasteiger partial charge in [0.1, 0.15) is 0 Å². The van der Waals surface area contributed by atoms with Gasteiger partial charge in [-0.3, -0.25) is 4.79 Å². The van der Waals surface area contributed by atoms with E-state index >= 15 is 0 Å². The molecule has 2 N–H and O–H groups in total. The Bertz CT molecular complexity index is 368. The normalized spacial score (nSPS) is 39.5. The minimum Gasteiger partial charge on any atom is -0.392 e. The van der Waals surface area contributed by atoms with Crippen LogP contribution < -0.4 is 5.73 Å². The molecule has 0 aliphatic heterocycles. The summed E-state index contributed by atoms with van der Waals surface area (Å²) in [5.74, 6) is 3.77. The van der Waals surface area contributed by atoms with Gasteiger partial charge < -0.3 is 10.6 Å². The van der Waals surface area contributed by atoms with Crippen LogP contribution in [-0.4, -0.2) is 28.9 Å². The molecule has 3 saturated carbocycles. The Hall–Kier alpha value is -0.640. The fourth-order valence-electron chi connectivity index (χ4n) is 4.59. The molecule has 18 heavy (non-hydrogen) atoms. The van der Waals surface area contributed by atoms with Crippen molar-refractivity contribution in [2.45, 2.75) is 32.6 Å². The minimum absolute atomic E-state index is 0.317. The van der Waals surface area contributed by atoms with E-state index in [1.807, 2.05) is 4.90 Å². The van der Waals surface area contributed by atoms with Crippen molar-refractivity contribution in [3.8, 4) is 0 Å². The molecule has 1 amide bonds. The van der Waals surface area contributed by atoms with Gasteiger partial charge in [0.2, 0.25) is 5.91 Å². The Morgan fingerprint density at radius 1 is 1.33 bits per heavy atom. The molecule has 3 aliphatic carbocycles. The Morgan fingerprint density at radius 2 is 1.94 bits per heavy atom. The van der Waals surface area contributed by atoms with Crippen LogP contribution in [0.25, 0.3) is 0 Å². The van der Waals surface area contributed by atoms with Gasteiger partial charge in [-0.2, -0.15) is 0 Å². The van der Waals surface area contributed by atoms with Gasteiger partial charge in [-0.15, -0.1) is 0 Å². The summed E-state index contributed by atoms with van der Waals surface area (Å²) in [6.45, 7) is 3.35. The molecule has 100 valence electrons.